The van der Waals surface area contributed by atoms with Crippen LogP contribution >= 0.6 is 23.5 Å². The summed E-state index contributed by atoms with van der Waals surface area (Å²) in [5, 5.41) is 3.77. The zero-order valence-corrected chi connectivity index (χ0v) is 34.9. The van der Waals surface area contributed by atoms with E-state index in [1.54, 1.807) is 12.8 Å². The molecule has 12 rings (SSSR count). The SMILES string of the molecule is C1CCC2C(C1)OC1C(C3CCC(N(C4CCCC5C6CCC7SC8CCCCC8C7C6OC54)C4CCCC5C6CCCCC6SC54)CC3)CCCC21. The fraction of sp³-hybridized carbons (Fsp3) is 1.00. The molecule has 4 saturated heterocycles. The average Bonchev–Trinajstić information content (AvgIpc) is 3.98. The molecule has 0 aromatic rings. The van der Waals surface area contributed by atoms with Gasteiger partial charge in [-0.3, -0.25) is 4.90 Å². The molecule has 19 unspecified atom stereocenters. The second kappa shape index (κ2) is 14.7. The lowest BCUT2D eigenvalue weighted by molar-refractivity contribution is -0.101. The summed E-state index contributed by atoms with van der Waals surface area (Å²) in [6.07, 6.45) is 42.5. The molecule has 8 aliphatic carbocycles. The predicted molar refractivity (Wildman–Crippen MR) is 220 cm³/mol. The summed E-state index contributed by atoms with van der Waals surface area (Å²) >= 11 is 5.01. The molecule has 0 N–H and O–H groups in total. The zero-order chi connectivity index (χ0) is 34.6. The quantitative estimate of drug-likeness (QED) is 0.284. The van der Waals surface area contributed by atoms with Crippen molar-refractivity contribution in [3.8, 4) is 0 Å². The Hall–Kier alpha value is 0.580. The van der Waals surface area contributed by atoms with Gasteiger partial charge in [-0.05, 0) is 169 Å². The lowest BCUT2D eigenvalue weighted by atomic mass is 9.64. The lowest BCUT2D eigenvalue weighted by Gasteiger charge is -2.54. The van der Waals surface area contributed by atoms with E-state index in [0.717, 1.165) is 92.3 Å². The number of fused-ring (bicyclic) bond motifs is 13. The molecule has 8 saturated carbocycles. The lowest BCUT2D eigenvalue weighted by Crippen LogP contribution is -2.61. The average molecular weight is 762 g/mol. The van der Waals surface area contributed by atoms with Crippen LogP contribution in [0.5, 0.6) is 0 Å². The van der Waals surface area contributed by atoms with Crippen LogP contribution in [0.3, 0.4) is 0 Å². The number of thioether (sulfide) groups is 2. The van der Waals surface area contributed by atoms with E-state index in [2.05, 4.69) is 28.4 Å². The van der Waals surface area contributed by atoms with Crippen molar-refractivity contribution in [1.29, 1.82) is 0 Å². The Labute approximate surface area is 332 Å². The first-order valence-corrected chi connectivity index (χ1v) is 26.6. The van der Waals surface area contributed by atoms with Crippen LogP contribution in [0.25, 0.3) is 0 Å². The topological polar surface area (TPSA) is 21.7 Å². The third-order valence-corrected chi connectivity index (χ3v) is 23.6. The Morgan fingerprint density at radius 3 is 1.83 bits per heavy atom. The molecule has 4 aliphatic heterocycles. The molecule has 3 nitrogen and oxygen atoms in total. The van der Waals surface area contributed by atoms with Crippen molar-refractivity contribution in [2.24, 2.45) is 59.2 Å². The molecule has 0 spiro atoms. The summed E-state index contributed by atoms with van der Waals surface area (Å²) < 4.78 is 15.0. The maximum Gasteiger partial charge on any atom is 0.0766 e. The Kier molecular flexibility index (Phi) is 9.85. The summed E-state index contributed by atoms with van der Waals surface area (Å²) in [4.78, 5) is 3.40. The van der Waals surface area contributed by atoms with Crippen LogP contribution < -0.4 is 0 Å². The number of ether oxygens (including phenoxy) is 2. The van der Waals surface area contributed by atoms with Gasteiger partial charge in [-0.1, -0.05) is 57.8 Å². The smallest absolute Gasteiger partial charge is 0.0766 e. The standard InChI is InChI=1S/C48H75NO2S2/c1-4-19-40-31(10-1)33-14-7-13-30(45(33)50-40)28-22-24-29(25-23-28)49(39-18-9-16-36-32-11-2-5-20-41(32)53-48(36)39)38-17-8-15-34-35-26-27-43-44(47(35)51-46(34)38)37-12-3-6-21-42(37)52-43/h28-48H,1-27H2. The maximum absolute atomic E-state index is 7.85. The van der Waals surface area contributed by atoms with Crippen molar-refractivity contribution in [3.05, 3.63) is 0 Å². The van der Waals surface area contributed by atoms with Crippen molar-refractivity contribution < 1.29 is 9.47 Å². The maximum atomic E-state index is 7.85. The normalized spacial score (nSPS) is 57.3. The number of nitrogens with zero attached hydrogens (tertiary/aromatic N) is 1. The van der Waals surface area contributed by atoms with E-state index in [-0.39, 0.29) is 0 Å². The third kappa shape index (κ3) is 5.93. The van der Waals surface area contributed by atoms with E-state index in [9.17, 15) is 0 Å². The first-order valence-electron chi connectivity index (χ1n) is 24.7. The van der Waals surface area contributed by atoms with Gasteiger partial charge in [0.1, 0.15) is 0 Å². The molecule has 53 heavy (non-hydrogen) atoms. The van der Waals surface area contributed by atoms with Crippen molar-refractivity contribution in [1.82, 2.24) is 4.90 Å². The molecule has 12 fully saturated rings. The van der Waals surface area contributed by atoms with E-state index in [1.807, 2.05) is 0 Å². The molecule has 296 valence electrons. The molecule has 0 radical (unpaired) electrons. The van der Waals surface area contributed by atoms with Crippen molar-refractivity contribution in [2.75, 3.05) is 0 Å². The molecule has 4 heterocycles. The fourth-order valence-corrected chi connectivity index (χ4v) is 22.3. The molecule has 0 amide bonds. The Bertz CT molecular complexity index is 1300. The first kappa shape index (κ1) is 35.5. The summed E-state index contributed by atoms with van der Waals surface area (Å²) in [6.45, 7) is 0. The van der Waals surface area contributed by atoms with Crippen LogP contribution in [0, 0.1) is 59.2 Å². The Balaban J connectivity index is 0.824. The van der Waals surface area contributed by atoms with Gasteiger partial charge < -0.3 is 9.47 Å². The number of hydrogen-bond acceptors (Lipinski definition) is 5. The zero-order valence-electron chi connectivity index (χ0n) is 33.3. The van der Waals surface area contributed by atoms with E-state index < -0.39 is 0 Å². The van der Waals surface area contributed by atoms with Crippen LogP contribution in [0.2, 0.25) is 0 Å². The predicted octanol–water partition coefficient (Wildman–Crippen LogP) is 11.7. The monoisotopic (exact) mass is 762 g/mol. The van der Waals surface area contributed by atoms with Gasteiger partial charge >= 0.3 is 0 Å². The van der Waals surface area contributed by atoms with Gasteiger partial charge in [0, 0.05) is 45.0 Å². The minimum Gasteiger partial charge on any atom is -0.374 e. The minimum atomic E-state index is 0.534. The number of hydrogen-bond donors (Lipinski definition) is 0. The van der Waals surface area contributed by atoms with E-state index in [1.165, 1.54) is 161 Å². The minimum absolute atomic E-state index is 0.534. The second-order valence-electron chi connectivity index (χ2n) is 21.8. The Morgan fingerprint density at radius 1 is 0.358 bits per heavy atom. The highest BCUT2D eigenvalue weighted by Gasteiger charge is 2.62. The van der Waals surface area contributed by atoms with E-state index in [0.29, 0.717) is 30.5 Å². The fourth-order valence-electron chi connectivity index (χ4n) is 18.0. The molecule has 5 heteroatoms. The van der Waals surface area contributed by atoms with E-state index >= 15 is 0 Å². The van der Waals surface area contributed by atoms with E-state index in [4.69, 9.17) is 9.47 Å². The van der Waals surface area contributed by atoms with Gasteiger partial charge in [-0.25, -0.2) is 0 Å². The van der Waals surface area contributed by atoms with Crippen LogP contribution in [0.15, 0.2) is 0 Å². The van der Waals surface area contributed by atoms with Crippen LogP contribution in [-0.4, -0.2) is 68.4 Å². The highest BCUT2D eigenvalue weighted by Crippen LogP contribution is 2.62. The van der Waals surface area contributed by atoms with Crippen LogP contribution in [-0.2, 0) is 9.47 Å². The summed E-state index contributed by atoms with van der Waals surface area (Å²) in [7, 11) is 0. The molecule has 19 atom stereocenters. The van der Waals surface area contributed by atoms with Crippen molar-refractivity contribution in [2.45, 2.75) is 237 Å². The van der Waals surface area contributed by atoms with Crippen LogP contribution in [0.4, 0.5) is 0 Å². The highest BCUT2D eigenvalue weighted by atomic mass is 32.2. The van der Waals surface area contributed by atoms with Gasteiger partial charge in [0.05, 0.1) is 24.4 Å². The van der Waals surface area contributed by atoms with Gasteiger partial charge in [-0.2, -0.15) is 23.5 Å². The molecule has 0 aromatic carbocycles. The Morgan fingerprint density at radius 2 is 0.981 bits per heavy atom. The van der Waals surface area contributed by atoms with Gasteiger partial charge in [0.25, 0.3) is 0 Å². The van der Waals surface area contributed by atoms with Gasteiger partial charge in [0.15, 0.2) is 0 Å². The third-order valence-electron chi connectivity index (χ3n) is 19.9. The van der Waals surface area contributed by atoms with Gasteiger partial charge in [0.2, 0.25) is 0 Å². The molecular weight excluding hydrogens is 687 g/mol. The number of rotatable bonds is 4. The molecular formula is C48H75NO2S2. The first-order chi connectivity index (χ1) is 26.3. The molecule has 12 aliphatic rings. The molecule has 0 bridgehead atoms. The van der Waals surface area contributed by atoms with Gasteiger partial charge in [-0.15, -0.1) is 0 Å². The second-order valence-corrected chi connectivity index (χ2v) is 24.7. The van der Waals surface area contributed by atoms with Crippen molar-refractivity contribution in [3.63, 3.8) is 0 Å². The van der Waals surface area contributed by atoms with Crippen molar-refractivity contribution >= 4 is 23.5 Å². The largest absolute Gasteiger partial charge is 0.374 e. The highest BCUT2D eigenvalue weighted by molar-refractivity contribution is 8.01. The van der Waals surface area contributed by atoms with Crippen LogP contribution in [0.1, 0.15) is 173 Å². The summed E-state index contributed by atoms with van der Waals surface area (Å²) in [5.74, 6) is 9.23. The summed E-state index contributed by atoms with van der Waals surface area (Å²) in [5.41, 5.74) is 0. The summed E-state index contributed by atoms with van der Waals surface area (Å²) in [6, 6.07) is 2.32. The molecule has 0 aromatic heterocycles.